The Morgan fingerprint density at radius 1 is 1.45 bits per heavy atom. The van der Waals surface area contributed by atoms with Crippen LogP contribution in [0.5, 0.6) is 0 Å². The summed E-state index contributed by atoms with van der Waals surface area (Å²) in [5.74, 6) is -4.38. The number of nitrogens with zero attached hydrogens (tertiary/aromatic N) is 1. The molecule has 0 aliphatic carbocycles. The lowest BCUT2D eigenvalue weighted by Crippen LogP contribution is -2.20. The summed E-state index contributed by atoms with van der Waals surface area (Å²) in [5.41, 5.74) is -0.479. The van der Waals surface area contributed by atoms with Gasteiger partial charge in [-0.1, -0.05) is 0 Å². The molecule has 106 valence electrons. The Bertz CT molecular complexity index is 574. The van der Waals surface area contributed by atoms with Gasteiger partial charge in [-0.3, -0.25) is 9.59 Å². The maximum absolute atomic E-state index is 13.2. The normalized spacial score (nSPS) is 10.6. The number of rotatable bonds is 4. The fourth-order valence-electron chi connectivity index (χ4n) is 1.46. The van der Waals surface area contributed by atoms with Gasteiger partial charge in [0.05, 0.1) is 11.6 Å². The Labute approximate surface area is 114 Å². The van der Waals surface area contributed by atoms with Crippen molar-refractivity contribution < 1.29 is 23.1 Å². The van der Waals surface area contributed by atoms with Crippen molar-refractivity contribution in [1.82, 2.24) is 0 Å². The van der Waals surface area contributed by atoms with E-state index in [1.54, 1.807) is 6.07 Å². The molecule has 0 radical (unpaired) electrons. The Morgan fingerprint density at radius 3 is 2.60 bits per heavy atom. The van der Waals surface area contributed by atoms with E-state index in [4.69, 9.17) is 5.26 Å². The zero-order valence-electron chi connectivity index (χ0n) is 10.9. The highest BCUT2D eigenvalue weighted by Crippen LogP contribution is 2.31. The lowest BCUT2D eigenvalue weighted by atomic mass is 10.0. The van der Waals surface area contributed by atoms with Crippen molar-refractivity contribution in [2.24, 2.45) is 0 Å². The summed E-state index contributed by atoms with van der Waals surface area (Å²) in [6, 6.07) is 5.11. The van der Waals surface area contributed by atoms with Gasteiger partial charge in [0.25, 0.3) is 11.8 Å². The molecule has 0 heterocycles. The first-order valence-electron chi connectivity index (χ1n) is 5.59. The number of benzene rings is 1. The quantitative estimate of drug-likeness (QED) is 0.858. The average Bonchev–Trinajstić information content (AvgIpc) is 2.34. The van der Waals surface area contributed by atoms with Gasteiger partial charge in [0.2, 0.25) is 0 Å². The molecule has 0 atom stereocenters. The fraction of sp³-hybridized carbons (Fsp3) is 0.308. The van der Waals surface area contributed by atoms with Crippen LogP contribution >= 0.6 is 0 Å². The van der Waals surface area contributed by atoms with Crippen molar-refractivity contribution in [1.29, 1.82) is 5.26 Å². The molecule has 1 rings (SSSR count). The van der Waals surface area contributed by atoms with Gasteiger partial charge in [0.15, 0.2) is 6.61 Å². The number of alkyl halides is 2. The maximum Gasteiger partial charge on any atom is 0.303 e. The highest BCUT2D eigenvalue weighted by Gasteiger charge is 2.27. The molecule has 0 aliphatic rings. The van der Waals surface area contributed by atoms with Crippen molar-refractivity contribution >= 4 is 17.6 Å². The Hall–Kier alpha value is -2.49. The van der Waals surface area contributed by atoms with Gasteiger partial charge in [-0.05, 0) is 18.2 Å². The van der Waals surface area contributed by atoms with E-state index in [2.05, 4.69) is 10.1 Å². The molecule has 0 aliphatic heterocycles. The van der Waals surface area contributed by atoms with Crippen LogP contribution in [-0.2, 0) is 20.2 Å². The predicted octanol–water partition coefficient (Wildman–Crippen LogP) is 2.17. The smallest absolute Gasteiger partial charge is 0.303 e. The first kappa shape index (κ1) is 15.6. The number of anilines is 1. The van der Waals surface area contributed by atoms with Crippen LogP contribution < -0.4 is 5.32 Å². The lowest BCUT2D eigenvalue weighted by molar-refractivity contribution is -0.144. The summed E-state index contributed by atoms with van der Waals surface area (Å²) in [6.07, 6.45) is 0. The number of nitriles is 1. The number of amides is 1. The number of halogens is 2. The monoisotopic (exact) mass is 282 g/mol. The van der Waals surface area contributed by atoms with Crippen molar-refractivity contribution in [3.8, 4) is 6.07 Å². The summed E-state index contributed by atoms with van der Waals surface area (Å²) in [6.45, 7) is 1.35. The number of hydrogen-bond acceptors (Lipinski definition) is 4. The minimum atomic E-state index is -3.15. The second-order valence-corrected chi connectivity index (χ2v) is 4.09. The third kappa shape index (κ3) is 4.31. The zero-order chi connectivity index (χ0) is 15.3. The van der Waals surface area contributed by atoms with Crippen molar-refractivity contribution in [2.45, 2.75) is 19.8 Å². The molecule has 7 heteroatoms. The summed E-state index contributed by atoms with van der Waals surface area (Å²) >= 11 is 0. The van der Waals surface area contributed by atoms with Crippen LogP contribution in [0.15, 0.2) is 18.2 Å². The van der Waals surface area contributed by atoms with Gasteiger partial charge in [0.1, 0.15) is 0 Å². The van der Waals surface area contributed by atoms with Crippen molar-refractivity contribution in [3.05, 3.63) is 29.3 Å². The van der Waals surface area contributed by atoms with E-state index in [0.29, 0.717) is 6.92 Å². The molecule has 1 aromatic rings. The second-order valence-electron chi connectivity index (χ2n) is 4.09. The third-order valence-electron chi connectivity index (χ3n) is 2.30. The molecule has 0 fully saturated rings. The van der Waals surface area contributed by atoms with Gasteiger partial charge in [-0.15, -0.1) is 0 Å². The molecule has 0 spiro atoms. The summed E-state index contributed by atoms with van der Waals surface area (Å²) in [5, 5.41) is 11.2. The van der Waals surface area contributed by atoms with Gasteiger partial charge in [-0.25, -0.2) is 8.78 Å². The standard InChI is InChI=1S/C13H12F2N2O3/c1-8(18)20-7-12(19)17-10-3-4-11(13(2,14)15)9(5-10)6-16/h3-5H,7H2,1-2H3,(H,17,19). The van der Waals surface area contributed by atoms with Gasteiger partial charge >= 0.3 is 5.97 Å². The highest BCUT2D eigenvalue weighted by atomic mass is 19.3. The maximum atomic E-state index is 13.2. The number of nitrogens with one attached hydrogen (secondary N) is 1. The van der Waals surface area contributed by atoms with E-state index < -0.39 is 30.0 Å². The summed E-state index contributed by atoms with van der Waals surface area (Å²) in [7, 11) is 0. The molecule has 0 bridgehead atoms. The lowest BCUT2D eigenvalue weighted by Gasteiger charge is -2.13. The molecule has 0 saturated heterocycles. The number of carbonyl (C=O) groups is 2. The van der Waals surface area contributed by atoms with Gasteiger partial charge in [0, 0.05) is 25.1 Å². The van der Waals surface area contributed by atoms with Crippen molar-refractivity contribution in [2.75, 3.05) is 11.9 Å². The number of hydrogen-bond donors (Lipinski definition) is 1. The molecule has 1 amide bonds. The summed E-state index contributed by atoms with van der Waals surface area (Å²) < 4.78 is 30.9. The summed E-state index contributed by atoms with van der Waals surface area (Å²) in [4.78, 5) is 21.9. The van der Waals surface area contributed by atoms with Crippen LogP contribution in [0.1, 0.15) is 25.0 Å². The van der Waals surface area contributed by atoms with Gasteiger partial charge < -0.3 is 10.1 Å². The molecule has 0 unspecified atom stereocenters. The SMILES string of the molecule is CC(=O)OCC(=O)Nc1ccc(C(C)(F)F)c(C#N)c1. The van der Waals surface area contributed by atoms with E-state index in [1.807, 2.05) is 0 Å². The first-order valence-corrected chi connectivity index (χ1v) is 5.59. The van der Waals surface area contributed by atoms with E-state index in [1.165, 1.54) is 6.07 Å². The zero-order valence-corrected chi connectivity index (χ0v) is 10.9. The van der Waals surface area contributed by atoms with E-state index >= 15 is 0 Å². The fourth-order valence-corrected chi connectivity index (χ4v) is 1.46. The highest BCUT2D eigenvalue weighted by molar-refractivity contribution is 5.92. The molecule has 20 heavy (non-hydrogen) atoms. The largest absolute Gasteiger partial charge is 0.456 e. The molecular formula is C13H12F2N2O3. The Morgan fingerprint density at radius 2 is 2.10 bits per heavy atom. The van der Waals surface area contributed by atoms with E-state index in [0.717, 1.165) is 19.1 Å². The Kier molecular flexibility index (Phi) is 4.75. The minimum Gasteiger partial charge on any atom is -0.456 e. The number of carbonyl (C=O) groups excluding carboxylic acids is 2. The molecule has 1 N–H and O–H groups in total. The molecule has 0 saturated carbocycles. The average molecular weight is 282 g/mol. The van der Waals surface area contributed by atoms with E-state index in [9.17, 15) is 18.4 Å². The van der Waals surface area contributed by atoms with Crippen LogP contribution in [0.4, 0.5) is 14.5 Å². The predicted molar refractivity (Wildman–Crippen MR) is 66.0 cm³/mol. The third-order valence-corrected chi connectivity index (χ3v) is 2.30. The van der Waals surface area contributed by atoms with E-state index in [-0.39, 0.29) is 11.3 Å². The van der Waals surface area contributed by atoms with Crippen LogP contribution in [0.3, 0.4) is 0 Å². The molecule has 5 nitrogen and oxygen atoms in total. The van der Waals surface area contributed by atoms with Crippen LogP contribution in [0.2, 0.25) is 0 Å². The number of ether oxygens (including phenoxy) is 1. The molecular weight excluding hydrogens is 270 g/mol. The topological polar surface area (TPSA) is 79.2 Å². The molecule has 0 aromatic heterocycles. The van der Waals surface area contributed by atoms with Crippen molar-refractivity contribution in [3.63, 3.8) is 0 Å². The van der Waals surface area contributed by atoms with Gasteiger partial charge in [-0.2, -0.15) is 5.26 Å². The van der Waals surface area contributed by atoms with Crippen LogP contribution in [0.25, 0.3) is 0 Å². The minimum absolute atomic E-state index is 0.173. The second kappa shape index (κ2) is 6.10. The van der Waals surface area contributed by atoms with Crippen LogP contribution in [0, 0.1) is 11.3 Å². The molecule has 1 aromatic carbocycles. The van der Waals surface area contributed by atoms with Crippen LogP contribution in [-0.4, -0.2) is 18.5 Å². The Balaban J connectivity index is 2.87. The number of esters is 1. The first-order chi connectivity index (χ1) is 9.24.